The van der Waals surface area contributed by atoms with Gasteiger partial charge in [-0.05, 0) is 37.6 Å². The SMILES string of the molecule is CC1(C(N)=O)CCN(c2ccc(C(N)=S)cc2)C1. The lowest BCUT2D eigenvalue weighted by molar-refractivity contribution is -0.125. The third kappa shape index (κ3) is 2.31. The molecule has 2 rings (SSSR count). The van der Waals surface area contributed by atoms with Gasteiger partial charge < -0.3 is 16.4 Å². The monoisotopic (exact) mass is 263 g/mol. The maximum atomic E-state index is 11.4. The summed E-state index contributed by atoms with van der Waals surface area (Å²) in [5.41, 5.74) is 12.5. The molecule has 18 heavy (non-hydrogen) atoms. The molecule has 1 atom stereocenters. The van der Waals surface area contributed by atoms with Crippen molar-refractivity contribution in [3.8, 4) is 0 Å². The van der Waals surface area contributed by atoms with Gasteiger partial charge in [0.1, 0.15) is 4.99 Å². The van der Waals surface area contributed by atoms with Gasteiger partial charge in [-0.1, -0.05) is 12.2 Å². The Labute approximate surface area is 112 Å². The van der Waals surface area contributed by atoms with Crippen LogP contribution in [0.25, 0.3) is 0 Å². The highest BCUT2D eigenvalue weighted by atomic mass is 32.1. The van der Waals surface area contributed by atoms with Crippen LogP contribution in [0.2, 0.25) is 0 Å². The van der Waals surface area contributed by atoms with E-state index in [0.717, 1.165) is 24.2 Å². The second kappa shape index (κ2) is 4.57. The third-order valence-electron chi connectivity index (χ3n) is 3.59. The lowest BCUT2D eigenvalue weighted by Crippen LogP contribution is -2.37. The van der Waals surface area contributed by atoms with Crippen LogP contribution in [-0.2, 0) is 4.79 Å². The van der Waals surface area contributed by atoms with Gasteiger partial charge in [0.05, 0.1) is 5.41 Å². The Morgan fingerprint density at radius 1 is 1.33 bits per heavy atom. The van der Waals surface area contributed by atoms with Gasteiger partial charge in [-0.25, -0.2) is 0 Å². The maximum Gasteiger partial charge on any atom is 0.225 e. The molecule has 4 nitrogen and oxygen atoms in total. The van der Waals surface area contributed by atoms with E-state index in [9.17, 15) is 4.79 Å². The molecule has 1 aromatic carbocycles. The average molecular weight is 263 g/mol. The Morgan fingerprint density at radius 3 is 2.39 bits per heavy atom. The summed E-state index contributed by atoms with van der Waals surface area (Å²) in [7, 11) is 0. The summed E-state index contributed by atoms with van der Waals surface area (Å²) in [5.74, 6) is -0.232. The molecule has 96 valence electrons. The van der Waals surface area contributed by atoms with Gasteiger partial charge in [0, 0.05) is 24.3 Å². The molecule has 1 aliphatic heterocycles. The highest BCUT2D eigenvalue weighted by Crippen LogP contribution is 2.32. The number of hydrogen-bond acceptors (Lipinski definition) is 3. The minimum atomic E-state index is -0.429. The van der Waals surface area contributed by atoms with Crippen molar-refractivity contribution in [2.75, 3.05) is 18.0 Å². The van der Waals surface area contributed by atoms with E-state index in [1.54, 1.807) is 0 Å². The van der Waals surface area contributed by atoms with E-state index >= 15 is 0 Å². The fourth-order valence-corrected chi connectivity index (χ4v) is 2.36. The Balaban J connectivity index is 2.15. The molecule has 1 fully saturated rings. The predicted octanol–water partition coefficient (Wildman–Crippen LogP) is 1.02. The van der Waals surface area contributed by atoms with Gasteiger partial charge in [0.15, 0.2) is 0 Å². The first-order chi connectivity index (χ1) is 8.42. The number of hydrogen-bond donors (Lipinski definition) is 2. The minimum Gasteiger partial charge on any atom is -0.389 e. The fraction of sp³-hybridized carbons (Fsp3) is 0.385. The molecule has 1 aliphatic rings. The molecule has 5 heteroatoms. The number of primary amides is 1. The van der Waals surface area contributed by atoms with Crippen LogP contribution in [0.1, 0.15) is 18.9 Å². The second-order valence-electron chi connectivity index (χ2n) is 5.01. The Hall–Kier alpha value is -1.62. The van der Waals surface area contributed by atoms with Crippen LogP contribution in [0.15, 0.2) is 24.3 Å². The number of benzene rings is 1. The molecule has 0 saturated carbocycles. The average Bonchev–Trinajstić information content (AvgIpc) is 2.73. The van der Waals surface area contributed by atoms with Gasteiger partial charge >= 0.3 is 0 Å². The van der Waals surface area contributed by atoms with Gasteiger partial charge in [0.25, 0.3) is 0 Å². The van der Waals surface area contributed by atoms with Crippen LogP contribution in [0.3, 0.4) is 0 Å². The molecule has 1 heterocycles. The van der Waals surface area contributed by atoms with Crippen molar-refractivity contribution < 1.29 is 4.79 Å². The summed E-state index contributed by atoms with van der Waals surface area (Å²) in [6.07, 6.45) is 0.791. The Kier molecular flexibility index (Phi) is 3.26. The van der Waals surface area contributed by atoms with E-state index in [-0.39, 0.29) is 5.91 Å². The normalized spacial score (nSPS) is 23.1. The van der Waals surface area contributed by atoms with Crippen LogP contribution < -0.4 is 16.4 Å². The van der Waals surface area contributed by atoms with Crippen LogP contribution in [0, 0.1) is 5.41 Å². The standard InChI is InChI=1S/C13H17N3OS/c1-13(12(15)17)6-7-16(8-13)10-4-2-9(3-5-10)11(14)18/h2-5H,6-8H2,1H3,(H2,14,18)(H2,15,17). The zero-order valence-electron chi connectivity index (χ0n) is 10.3. The Morgan fingerprint density at radius 2 is 1.94 bits per heavy atom. The highest BCUT2D eigenvalue weighted by molar-refractivity contribution is 7.80. The lowest BCUT2D eigenvalue weighted by Gasteiger charge is -2.22. The minimum absolute atomic E-state index is 0.232. The number of rotatable bonds is 3. The van der Waals surface area contributed by atoms with Gasteiger partial charge in [-0.2, -0.15) is 0 Å². The summed E-state index contributed by atoms with van der Waals surface area (Å²) in [4.78, 5) is 14.0. The largest absolute Gasteiger partial charge is 0.389 e. The first-order valence-electron chi connectivity index (χ1n) is 5.87. The number of thiocarbonyl (C=S) groups is 1. The van der Waals surface area contributed by atoms with Gasteiger partial charge in [-0.3, -0.25) is 4.79 Å². The molecule has 4 N–H and O–H groups in total. The van der Waals surface area contributed by atoms with Crippen molar-refractivity contribution in [3.05, 3.63) is 29.8 Å². The van der Waals surface area contributed by atoms with E-state index in [4.69, 9.17) is 23.7 Å². The number of nitrogens with zero attached hydrogens (tertiary/aromatic N) is 1. The number of amides is 1. The number of carbonyl (C=O) groups excluding carboxylic acids is 1. The quantitative estimate of drug-likeness (QED) is 0.799. The van der Waals surface area contributed by atoms with Crippen LogP contribution in [0.5, 0.6) is 0 Å². The van der Waals surface area contributed by atoms with Crippen molar-refractivity contribution in [2.45, 2.75) is 13.3 Å². The molecule has 1 saturated heterocycles. The molecule has 0 radical (unpaired) electrons. The van der Waals surface area contributed by atoms with Crippen molar-refractivity contribution >= 4 is 28.8 Å². The highest BCUT2D eigenvalue weighted by Gasteiger charge is 2.38. The van der Waals surface area contributed by atoms with E-state index in [1.165, 1.54) is 0 Å². The topological polar surface area (TPSA) is 72.4 Å². The summed E-state index contributed by atoms with van der Waals surface area (Å²) in [5, 5.41) is 0. The molecule has 0 aliphatic carbocycles. The molecular formula is C13H17N3OS. The third-order valence-corrected chi connectivity index (χ3v) is 3.82. The van der Waals surface area contributed by atoms with Crippen molar-refractivity contribution in [1.29, 1.82) is 0 Å². The van der Waals surface area contributed by atoms with E-state index in [1.807, 2.05) is 31.2 Å². The molecular weight excluding hydrogens is 246 g/mol. The lowest BCUT2D eigenvalue weighted by atomic mass is 9.89. The van der Waals surface area contributed by atoms with E-state index in [0.29, 0.717) is 11.5 Å². The van der Waals surface area contributed by atoms with Gasteiger partial charge in [0.2, 0.25) is 5.91 Å². The van der Waals surface area contributed by atoms with E-state index in [2.05, 4.69) is 4.90 Å². The smallest absolute Gasteiger partial charge is 0.225 e. The van der Waals surface area contributed by atoms with Crippen LogP contribution >= 0.6 is 12.2 Å². The molecule has 0 bridgehead atoms. The van der Waals surface area contributed by atoms with Crippen molar-refractivity contribution in [3.63, 3.8) is 0 Å². The zero-order chi connectivity index (χ0) is 13.3. The summed E-state index contributed by atoms with van der Waals surface area (Å²) < 4.78 is 0. The Bertz CT molecular complexity index is 486. The van der Waals surface area contributed by atoms with Crippen molar-refractivity contribution in [1.82, 2.24) is 0 Å². The predicted molar refractivity (Wildman–Crippen MR) is 76.5 cm³/mol. The zero-order valence-corrected chi connectivity index (χ0v) is 11.2. The first kappa shape index (κ1) is 12.8. The summed E-state index contributed by atoms with van der Waals surface area (Å²) in [6.45, 7) is 3.42. The molecule has 0 spiro atoms. The molecule has 1 unspecified atom stereocenters. The number of carbonyl (C=O) groups is 1. The van der Waals surface area contributed by atoms with Gasteiger partial charge in [-0.15, -0.1) is 0 Å². The fourth-order valence-electron chi connectivity index (χ4n) is 2.22. The second-order valence-corrected chi connectivity index (χ2v) is 5.45. The molecule has 1 aromatic rings. The van der Waals surface area contributed by atoms with Crippen LogP contribution in [0.4, 0.5) is 5.69 Å². The van der Waals surface area contributed by atoms with Crippen LogP contribution in [-0.4, -0.2) is 24.0 Å². The maximum absolute atomic E-state index is 11.4. The number of nitrogens with two attached hydrogens (primary N) is 2. The summed E-state index contributed by atoms with van der Waals surface area (Å²) in [6, 6.07) is 7.75. The summed E-state index contributed by atoms with van der Waals surface area (Å²) >= 11 is 4.91. The van der Waals surface area contributed by atoms with Crippen molar-refractivity contribution in [2.24, 2.45) is 16.9 Å². The number of anilines is 1. The molecule has 0 aromatic heterocycles. The first-order valence-corrected chi connectivity index (χ1v) is 6.28. The van der Waals surface area contributed by atoms with E-state index < -0.39 is 5.41 Å². The molecule has 1 amide bonds.